The maximum atomic E-state index is 9.75. The fourth-order valence-corrected chi connectivity index (χ4v) is 10.7. The molecular formula is C32H40N4O4Si. The molecule has 1 unspecified atom stereocenters. The first-order valence-electron chi connectivity index (χ1n) is 14.0. The summed E-state index contributed by atoms with van der Waals surface area (Å²) in [6.45, 7) is 11.0. The average Bonchev–Trinajstić information content (AvgIpc) is 3.58. The minimum atomic E-state index is -2.79. The van der Waals surface area contributed by atoms with Crippen molar-refractivity contribution in [3.8, 4) is 6.07 Å². The second-order valence-corrected chi connectivity index (χ2v) is 16.7. The summed E-state index contributed by atoms with van der Waals surface area (Å²) in [7, 11) is 0.985. The predicted octanol–water partition coefficient (Wildman–Crippen LogP) is 4.64. The van der Waals surface area contributed by atoms with Gasteiger partial charge in [-0.05, 0) is 29.3 Å². The van der Waals surface area contributed by atoms with E-state index in [1.165, 1.54) is 10.4 Å². The van der Waals surface area contributed by atoms with Crippen molar-refractivity contribution in [2.24, 2.45) is 4.99 Å². The third-order valence-electron chi connectivity index (χ3n) is 7.75. The Morgan fingerprint density at radius 3 is 2.15 bits per heavy atom. The Hall–Kier alpha value is -3.26. The highest BCUT2D eigenvalue weighted by molar-refractivity contribution is 6.99. The van der Waals surface area contributed by atoms with Gasteiger partial charge in [0.05, 0.1) is 12.9 Å². The lowest BCUT2D eigenvalue weighted by atomic mass is 10.0. The van der Waals surface area contributed by atoms with Crippen molar-refractivity contribution in [1.82, 2.24) is 9.88 Å². The van der Waals surface area contributed by atoms with Crippen LogP contribution in [0.15, 0.2) is 71.9 Å². The summed E-state index contributed by atoms with van der Waals surface area (Å²) in [5, 5.41) is 12.0. The summed E-state index contributed by atoms with van der Waals surface area (Å²) in [4.78, 5) is 9.49. The van der Waals surface area contributed by atoms with Gasteiger partial charge in [-0.15, -0.1) is 0 Å². The van der Waals surface area contributed by atoms with Gasteiger partial charge in [0.2, 0.25) is 0 Å². The number of aromatic nitrogens is 1. The lowest BCUT2D eigenvalue weighted by molar-refractivity contribution is -0.190. The van der Waals surface area contributed by atoms with Crippen LogP contribution in [0.2, 0.25) is 5.04 Å². The second-order valence-electron chi connectivity index (χ2n) is 12.4. The molecule has 2 aliphatic heterocycles. The van der Waals surface area contributed by atoms with Crippen molar-refractivity contribution in [2.45, 2.75) is 69.9 Å². The topological polar surface area (TPSA) is 92.1 Å². The van der Waals surface area contributed by atoms with Gasteiger partial charge in [0.25, 0.3) is 8.32 Å². The van der Waals surface area contributed by atoms with Crippen LogP contribution in [0.1, 0.15) is 52.0 Å². The van der Waals surface area contributed by atoms with Gasteiger partial charge in [0, 0.05) is 25.9 Å². The quantitative estimate of drug-likeness (QED) is 0.240. The number of hydrogen-bond acceptors (Lipinski definition) is 6. The summed E-state index contributed by atoms with van der Waals surface area (Å²) >= 11 is 0. The van der Waals surface area contributed by atoms with Crippen LogP contribution in [0.4, 0.5) is 5.69 Å². The molecule has 0 amide bonds. The first-order chi connectivity index (χ1) is 19.5. The van der Waals surface area contributed by atoms with Crippen molar-refractivity contribution in [2.75, 3.05) is 20.7 Å². The van der Waals surface area contributed by atoms with E-state index < -0.39 is 20.2 Å². The summed E-state index contributed by atoms with van der Waals surface area (Å²) in [6, 6.07) is 23.4. The maximum absolute atomic E-state index is 9.75. The van der Waals surface area contributed by atoms with Crippen LogP contribution in [0, 0.1) is 11.3 Å². The molecule has 1 aromatic heterocycles. The van der Waals surface area contributed by atoms with Crippen molar-refractivity contribution in [3.05, 3.63) is 78.1 Å². The van der Waals surface area contributed by atoms with Crippen molar-refractivity contribution < 1.29 is 18.6 Å². The van der Waals surface area contributed by atoms with Crippen molar-refractivity contribution in [3.63, 3.8) is 0 Å². The molecule has 9 heteroatoms. The third-order valence-corrected chi connectivity index (χ3v) is 12.8. The first kappa shape index (κ1) is 29.2. The van der Waals surface area contributed by atoms with Crippen LogP contribution in [0.5, 0.6) is 0 Å². The predicted molar refractivity (Wildman–Crippen MR) is 162 cm³/mol. The van der Waals surface area contributed by atoms with Gasteiger partial charge in [-0.3, -0.25) is 0 Å². The van der Waals surface area contributed by atoms with Gasteiger partial charge in [-0.1, -0.05) is 81.4 Å². The zero-order valence-electron chi connectivity index (χ0n) is 24.9. The smallest absolute Gasteiger partial charge is 0.261 e. The van der Waals surface area contributed by atoms with Gasteiger partial charge in [-0.2, -0.15) is 5.26 Å². The Bertz CT molecular complexity index is 1370. The van der Waals surface area contributed by atoms with Gasteiger partial charge in [0.1, 0.15) is 41.9 Å². The fourth-order valence-electron chi connectivity index (χ4n) is 6.08. The highest BCUT2D eigenvalue weighted by atomic mass is 28.4. The fraction of sp³-hybridized carbons (Fsp3) is 0.438. The van der Waals surface area contributed by atoms with Crippen molar-refractivity contribution in [1.29, 1.82) is 5.26 Å². The summed E-state index contributed by atoms with van der Waals surface area (Å²) in [6.07, 6.45) is 1.87. The standard InChI is InChI=1S/C32H40N4O4Si/c1-31(2,3)41(22-14-10-8-11-15-22,23-16-12-9-13-17-23)37-20-26-29-30(40-32(4,5)39-29)28(38-26)24-19-34-25(18-33)27(24)35-21-36(6)7/h8-17,19,21,26,28-30,34H,20H2,1-7H3/t26-,28?,29-,30+/m1/s1. The number of hydrogen-bond donors (Lipinski definition) is 1. The summed E-state index contributed by atoms with van der Waals surface area (Å²) in [5.41, 5.74) is 1.69. The largest absolute Gasteiger partial charge is 0.405 e. The van der Waals surface area contributed by atoms with Gasteiger partial charge < -0.3 is 28.5 Å². The lowest BCUT2D eigenvalue weighted by Crippen LogP contribution is -2.67. The van der Waals surface area contributed by atoms with Crippen LogP contribution in [-0.4, -0.2) is 69.3 Å². The Labute approximate surface area is 244 Å². The average molecular weight is 573 g/mol. The van der Waals surface area contributed by atoms with E-state index in [2.05, 4.69) is 85.3 Å². The van der Waals surface area contributed by atoms with Gasteiger partial charge >= 0.3 is 0 Å². The summed E-state index contributed by atoms with van der Waals surface area (Å²) < 4.78 is 26.8. The zero-order valence-corrected chi connectivity index (χ0v) is 25.9. The number of aliphatic imine (C=N–C) groups is 1. The number of fused-ring (bicyclic) bond motifs is 1. The molecule has 0 saturated carbocycles. The monoisotopic (exact) mass is 572 g/mol. The molecule has 2 aromatic carbocycles. The van der Waals surface area contributed by atoms with E-state index in [1.54, 1.807) is 12.5 Å². The van der Waals surface area contributed by atoms with E-state index in [-0.39, 0.29) is 23.4 Å². The van der Waals surface area contributed by atoms with Crippen LogP contribution in [-0.2, 0) is 18.6 Å². The number of H-pyrrole nitrogens is 1. The third kappa shape index (κ3) is 5.50. The SMILES string of the molecule is CN(C)C=Nc1c(C2O[C@H](CO[Si](c3ccccc3)(c3ccccc3)C(C)(C)C)[C@H]3OC(C)(C)O[C@@H]23)c[nH]c1C#N. The maximum Gasteiger partial charge on any atom is 0.261 e. The number of rotatable bonds is 8. The molecule has 0 radical (unpaired) electrons. The molecule has 2 aliphatic rings. The molecular weight excluding hydrogens is 532 g/mol. The minimum absolute atomic E-state index is 0.171. The van der Waals surface area contributed by atoms with Gasteiger partial charge in [0.15, 0.2) is 5.79 Å². The molecule has 8 nitrogen and oxygen atoms in total. The molecule has 2 saturated heterocycles. The highest BCUT2D eigenvalue weighted by Crippen LogP contribution is 2.48. The van der Waals surface area contributed by atoms with Crippen LogP contribution >= 0.6 is 0 Å². The number of nitriles is 1. The Kier molecular flexibility index (Phi) is 7.98. The number of nitrogens with one attached hydrogen (secondary N) is 1. The minimum Gasteiger partial charge on any atom is -0.405 e. The van der Waals surface area contributed by atoms with Crippen LogP contribution in [0.25, 0.3) is 0 Å². The molecule has 1 N–H and O–H groups in total. The summed E-state index contributed by atoms with van der Waals surface area (Å²) in [5.74, 6) is -0.783. The molecule has 0 spiro atoms. The molecule has 0 aliphatic carbocycles. The Morgan fingerprint density at radius 1 is 1.02 bits per heavy atom. The molecule has 0 bridgehead atoms. The zero-order chi connectivity index (χ0) is 29.4. The number of benzene rings is 2. The molecule has 216 valence electrons. The molecule has 3 heterocycles. The second kappa shape index (κ2) is 11.2. The normalized spacial score (nSPS) is 24.0. The Balaban J connectivity index is 1.52. The first-order valence-corrected chi connectivity index (χ1v) is 16.0. The van der Waals surface area contributed by atoms with Crippen LogP contribution < -0.4 is 10.4 Å². The molecule has 2 fully saturated rings. The number of aromatic amines is 1. The molecule has 5 rings (SSSR count). The Morgan fingerprint density at radius 2 is 1.61 bits per heavy atom. The van der Waals surface area contributed by atoms with E-state index in [9.17, 15) is 5.26 Å². The van der Waals surface area contributed by atoms with E-state index in [1.807, 2.05) is 45.0 Å². The lowest BCUT2D eigenvalue weighted by Gasteiger charge is -2.43. The number of ether oxygens (including phenoxy) is 3. The van der Waals surface area contributed by atoms with E-state index >= 15 is 0 Å². The highest BCUT2D eigenvalue weighted by Gasteiger charge is 2.58. The van der Waals surface area contributed by atoms with E-state index in [0.29, 0.717) is 18.0 Å². The molecule has 41 heavy (non-hydrogen) atoms. The van der Waals surface area contributed by atoms with Crippen molar-refractivity contribution >= 4 is 30.7 Å². The van der Waals surface area contributed by atoms with E-state index in [0.717, 1.165) is 5.56 Å². The number of nitrogens with zero attached hydrogens (tertiary/aromatic N) is 3. The molecule has 4 atom stereocenters. The van der Waals surface area contributed by atoms with E-state index in [4.69, 9.17) is 18.6 Å². The molecule has 3 aromatic rings. The van der Waals surface area contributed by atoms with Crippen LogP contribution in [0.3, 0.4) is 0 Å². The van der Waals surface area contributed by atoms with Gasteiger partial charge in [-0.25, -0.2) is 4.99 Å².